The highest BCUT2D eigenvalue weighted by molar-refractivity contribution is 7.99. The number of hydrogen-bond acceptors (Lipinski definition) is 4. The second kappa shape index (κ2) is 6.47. The number of rotatable bonds is 6. The Kier molecular flexibility index (Phi) is 4.68. The Morgan fingerprint density at radius 1 is 1.40 bits per heavy atom. The van der Waals surface area contributed by atoms with Crippen LogP contribution in [-0.4, -0.2) is 26.6 Å². The van der Waals surface area contributed by atoms with E-state index in [2.05, 4.69) is 5.10 Å². The molecule has 20 heavy (non-hydrogen) atoms. The maximum absolute atomic E-state index is 11.3. The van der Waals surface area contributed by atoms with Gasteiger partial charge in [-0.3, -0.25) is 0 Å². The predicted octanol–water partition coefficient (Wildman–Crippen LogP) is 2.71. The fourth-order valence-electron chi connectivity index (χ4n) is 1.83. The van der Waals surface area contributed by atoms with Crippen molar-refractivity contribution in [3.63, 3.8) is 0 Å². The van der Waals surface area contributed by atoms with Crippen LogP contribution in [-0.2, 0) is 6.54 Å². The van der Waals surface area contributed by atoms with Crippen LogP contribution >= 0.6 is 11.8 Å². The Hall–Kier alpha value is -1.95. The van der Waals surface area contributed by atoms with Gasteiger partial charge < -0.3 is 10.8 Å². The highest BCUT2D eigenvalue weighted by atomic mass is 32.2. The summed E-state index contributed by atoms with van der Waals surface area (Å²) in [6.07, 6.45) is 0.954. The van der Waals surface area contributed by atoms with Crippen molar-refractivity contribution in [3.8, 4) is 0 Å². The van der Waals surface area contributed by atoms with E-state index < -0.39 is 5.97 Å². The van der Waals surface area contributed by atoms with Crippen molar-refractivity contribution in [1.29, 1.82) is 0 Å². The summed E-state index contributed by atoms with van der Waals surface area (Å²) in [7, 11) is 0. The van der Waals surface area contributed by atoms with Gasteiger partial charge in [0, 0.05) is 0 Å². The van der Waals surface area contributed by atoms with Gasteiger partial charge in [-0.05, 0) is 17.7 Å². The van der Waals surface area contributed by atoms with Gasteiger partial charge >= 0.3 is 5.97 Å². The van der Waals surface area contributed by atoms with Crippen molar-refractivity contribution in [2.24, 2.45) is 0 Å². The van der Waals surface area contributed by atoms with Crippen LogP contribution in [0.1, 0.15) is 29.3 Å². The standard InChI is InChI=1S/C14H17N3O2S/c1-2-8-20-13-11(14(18)19)12(15)17(16-13)9-10-6-4-3-5-7-10/h3-7H,2,8-9,15H2,1H3,(H,18,19). The van der Waals surface area contributed by atoms with E-state index in [9.17, 15) is 9.90 Å². The number of thioether (sulfide) groups is 1. The number of aromatic nitrogens is 2. The molecule has 0 unspecified atom stereocenters. The van der Waals surface area contributed by atoms with Crippen LogP contribution in [0.5, 0.6) is 0 Å². The molecule has 106 valence electrons. The number of hydrogen-bond donors (Lipinski definition) is 2. The molecule has 0 spiro atoms. The van der Waals surface area contributed by atoms with E-state index in [1.165, 1.54) is 11.8 Å². The maximum atomic E-state index is 11.3. The molecule has 0 aliphatic rings. The van der Waals surface area contributed by atoms with E-state index in [4.69, 9.17) is 5.73 Å². The lowest BCUT2D eigenvalue weighted by Crippen LogP contribution is -2.08. The Labute approximate surface area is 121 Å². The molecule has 1 heterocycles. The molecule has 2 aromatic rings. The third-order valence-corrected chi connectivity index (χ3v) is 3.96. The molecule has 5 nitrogen and oxygen atoms in total. The summed E-state index contributed by atoms with van der Waals surface area (Å²) < 4.78 is 1.55. The van der Waals surface area contributed by atoms with Gasteiger partial charge in [-0.2, -0.15) is 5.10 Å². The molecule has 3 N–H and O–H groups in total. The molecule has 0 saturated carbocycles. The van der Waals surface area contributed by atoms with Gasteiger partial charge in [0.15, 0.2) is 0 Å². The highest BCUT2D eigenvalue weighted by Gasteiger charge is 2.21. The third-order valence-electron chi connectivity index (χ3n) is 2.79. The minimum absolute atomic E-state index is 0.111. The Morgan fingerprint density at radius 2 is 2.10 bits per heavy atom. The number of carboxylic acid groups (broad SMARTS) is 1. The van der Waals surface area contributed by atoms with E-state index in [0.717, 1.165) is 17.7 Å². The molecule has 1 aromatic heterocycles. The molecule has 0 aliphatic carbocycles. The number of nitrogen functional groups attached to an aromatic ring is 1. The minimum Gasteiger partial charge on any atom is -0.477 e. The first-order valence-corrected chi connectivity index (χ1v) is 7.38. The molecule has 6 heteroatoms. The number of aromatic carboxylic acids is 1. The predicted molar refractivity (Wildman–Crippen MR) is 80.2 cm³/mol. The largest absolute Gasteiger partial charge is 0.477 e. The number of carbonyl (C=O) groups is 1. The van der Waals surface area contributed by atoms with E-state index in [0.29, 0.717) is 11.6 Å². The first-order chi connectivity index (χ1) is 9.63. The van der Waals surface area contributed by atoms with Crippen molar-refractivity contribution in [3.05, 3.63) is 41.5 Å². The Balaban J connectivity index is 2.32. The SMILES string of the molecule is CCCSc1nn(Cc2ccccc2)c(N)c1C(=O)O. The van der Waals surface area contributed by atoms with E-state index in [1.807, 2.05) is 37.3 Å². The number of carboxylic acids is 1. The van der Waals surface area contributed by atoms with Gasteiger partial charge in [-0.25, -0.2) is 9.48 Å². The summed E-state index contributed by atoms with van der Waals surface area (Å²) in [5.41, 5.74) is 7.07. The Morgan fingerprint density at radius 3 is 2.70 bits per heavy atom. The van der Waals surface area contributed by atoms with Gasteiger partial charge in [0.25, 0.3) is 0 Å². The van der Waals surface area contributed by atoms with Crippen molar-refractivity contribution in [2.75, 3.05) is 11.5 Å². The van der Waals surface area contributed by atoms with Crippen LogP contribution in [0.25, 0.3) is 0 Å². The first kappa shape index (κ1) is 14.5. The summed E-state index contributed by atoms with van der Waals surface area (Å²) in [5, 5.41) is 14.1. The Bertz CT molecular complexity index is 596. The quantitative estimate of drug-likeness (QED) is 0.800. The highest BCUT2D eigenvalue weighted by Crippen LogP contribution is 2.27. The topological polar surface area (TPSA) is 81.1 Å². The lowest BCUT2D eigenvalue weighted by Gasteiger charge is -2.03. The van der Waals surface area contributed by atoms with Crippen molar-refractivity contribution in [2.45, 2.75) is 24.9 Å². The van der Waals surface area contributed by atoms with Crippen LogP contribution in [0, 0.1) is 0 Å². The zero-order chi connectivity index (χ0) is 14.5. The van der Waals surface area contributed by atoms with Crippen LogP contribution in [0.15, 0.2) is 35.4 Å². The van der Waals surface area contributed by atoms with Crippen LogP contribution in [0.3, 0.4) is 0 Å². The minimum atomic E-state index is -1.03. The van der Waals surface area contributed by atoms with Crippen LogP contribution in [0.4, 0.5) is 5.82 Å². The zero-order valence-corrected chi connectivity index (χ0v) is 12.1. The van der Waals surface area contributed by atoms with E-state index >= 15 is 0 Å². The smallest absolute Gasteiger partial charge is 0.342 e. The molecular formula is C14H17N3O2S. The lowest BCUT2D eigenvalue weighted by atomic mass is 10.2. The molecule has 1 aromatic carbocycles. The molecule has 0 radical (unpaired) electrons. The fourth-order valence-corrected chi connectivity index (χ4v) is 2.72. The van der Waals surface area contributed by atoms with Gasteiger partial charge in [0.2, 0.25) is 0 Å². The molecule has 2 rings (SSSR count). The lowest BCUT2D eigenvalue weighted by molar-refractivity contribution is 0.0694. The summed E-state index contributed by atoms with van der Waals surface area (Å²) in [6.45, 7) is 2.51. The summed E-state index contributed by atoms with van der Waals surface area (Å²) in [5.74, 6) is 0.00240. The van der Waals surface area contributed by atoms with Crippen LogP contribution < -0.4 is 5.73 Å². The second-order valence-corrected chi connectivity index (χ2v) is 5.45. The molecule has 0 aliphatic heterocycles. The fraction of sp³-hybridized carbons (Fsp3) is 0.286. The van der Waals surface area contributed by atoms with Gasteiger partial charge in [0.05, 0.1) is 6.54 Å². The summed E-state index contributed by atoms with van der Waals surface area (Å²) in [6, 6.07) is 9.71. The number of anilines is 1. The zero-order valence-electron chi connectivity index (χ0n) is 11.2. The molecule has 0 fully saturated rings. The molecule has 0 amide bonds. The number of nitrogens with two attached hydrogens (primary N) is 1. The molecule has 0 atom stereocenters. The normalized spacial score (nSPS) is 10.7. The summed E-state index contributed by atoms with van der Waals surface area (Å²) >= 11 is 1.43. The van der Waals surface area contributed by atoms with E-state index in [1.54, 1.807) is 4.68 Å². The van der Waals surface area contributed by atoms with E-state index in [-0.39, 0.29) is 11.4 Å². The van der Waals surface area contributed by atoms with Gasteiger partial charge in [-0.1, -0.05) is 37.3 Å². The third kappa shape index (κ3) is 3.14. The van der Waals surface area contributed by atoms with Crippen molar-refractivity contribution < 1.29 is 9.90 Å². The molecular weight excluding hydrogens is 274 g/mol. The van der Waals surface area contributed by atoms with Gasteiger partial charge in [-0.15, -0.1) is 11.8 Å². The first-order valence-electron chi connectivity index (χ1n) is 6.39. The van der Waals surface area contributed by atoms with Crippen molar-refractivity contribution >= 4 is 23.5 Å². The number of benzene rings is 1. The average molecular weight is 291 g/mol. The summed E-state index contributed by atoms with van der Waals surface area (Å²) in [4.78, 5) is 11.3. The average Bonchev–Trinajstić information content (AvgIpc) is 2.74. The van der Waals surface area contributed by atoms with Gasteiger partial charge in [0.1, 0.15) is 16.4 Å². The molecule has 0 bridgehead atoms. The van der Waals surface area contributed by atoms with Crippen LogP contribution in [0.2, 0.25) is 0 Å². The monoisotopic (exact) mass is 291 g/mol. The number of nitrogens with zero attached hydrogens (tertiary/aromatic N) is 2. The molecule has 0 saturated heterocycles. The van der Waals surface area contributed by atoms with Crippen molar-refractivity contribution in [1.82, 2.24) is 9.78 Å². The second-order valence-electron chi connectivity index (χ2n) is 4.36. The maximum Gasteiger partial charge on any atom is 0.342 e.